The van der Waals surface area contributed by atoms with Crippen molar-refractivity contribution in [2.45, 2.75) is 58.0 Å². The summed E-state index contributed by atoms with van der Waals surface area (Å²) < 4.78 is 12.2. The molecule has 0 spiro atoms. The molecule has 2 heterocycles. The molecule has 1 saturated carbocycles. The molecular formula is C23H28N6O4. The van der Waals surface area contributed by atoms with E-state index in [9.17, 15) is 9.59 Å². The number of benzene rings is 1. The van der Waals surface area contributed by atoms with Crippen molar-refractivity contribution in [2.75, 3.05) is 11.9 Å². The number of hydrogen-bond acceptors (Lipinski definition) is 7. The molecule has 3 aromatic rings. The van der Waals surface area contributed by atoms with Gasteiger partial charge in [0, 0.05) is 30.6 Å². The highest BCUT2D eigenvalue weighted by Gasteiger charge is 2.17. The molecule has 0 unspecified atom stereocenters. The molecular weight excluding hydrogens is 424 g/mol. The molecule has 2 amide bonds. The Hall–Kier alpha value is -3.69. The molecule has 174 valence electrons. The van der Waals surface area contributed by atoms with Crippen LogP contribution in [0.2, 0.25) is 0 Å². The van der Waals surface area contributed by atoms with Crippen LogP contribution in [-0.2, 0) is 22.6 Å². The van der Waals surface area contributed by atoms with Crippen molar-refractivity contribution in [2.24, 2.45) is 0 Å². The Morgan fingerprint density at radius 3 is 2.73 bits per heavy atom. The molecule has 1 aliphatic carbocycles. The first kappa shape index (κ1) is 22.5. The summed E-state index contributed by atoms with van der Waals surface area (Å²) in [7, 11) is 0. The minimum absolute atomic E-state index is 0.0670. The van der Waals surface area contributed by atoms with Gasteiger partial charge in [0.15, 0.2) is 0 Å². The van der Waals surface area contributed by atoms with Crippen molar-refractivity contribution in [3.05, 3.63) is 42.5 Å². The van der Waals surface area contributed by atoms with Crippen LogP contribution in [0.4, 0.5) is 5.69 Å². The van der Waals surface area contributed by atoms with Crippen LogP contribution in [0.1, 0.15) is 44.9 Å². The van der Waals surface area contributed by atoms with Crippen LogP contribution in [0.3, 0.4) is 0 Å². The smallest absolute Gasteiger partial charge is 0.241 e. The second kappa shape index (κ2) is 10.8. The lowest BCUT2D eigenvalue weighted by Crippen LogP contribution is -2.35. The predicted octanol–water partition coefficient (Wildman–Crippen LogP) is 2.96. The van der Waals surface area contributed by atoms with Gasteiger partial charge in [0.1, 0.15) is 12.3 Å². The molecule has 1 aromatic carbocycles. The van der Waals surface area contributed by atoms with Crippen LogP contribution < -0.4 is 15.4 Å². The molecule has 0 atom stereocenters. The summed E-state index contributed by atoms with van der Waals surface area (Å²) in [6.45, 7) is 2.66. The number of anilines is 1. The third-order valence-electron chi connectivity index (χ3n) is 5.40. The summed E-state index contributed by atoms with van der Waals surface area (Å²) in [6, 6.07) is 7.68. The average molecular weight is 453 g/mol. The first-order valence-electron chi connectivity index (χ1n) is 11.3. The number of carbonyl (C=O) groups excluding carboxylic acids is 2. The average Bonchev–Trinajstić information content (AvgIpc) is 3.56. The van der Waals surface area contributed by atoms with Crippen LogP contribution >= 0.6 is 0 Å². The van der Waals surface area contributed by atoms with Crippen molar-refractivity contribution in [1.29, 1.82) is 0 Å². The number of carbonyl (C=O) groups is 2. The van der Waals surface area contributed by atoms with E-state index >= 15 is 0 Å². The lowest BCUT2D eigenvalue weighted by molar-refractivity contribution is -0.122. The number of hydrogen-bond donors (Lipinski definition) is 2. The van der Waals surface area contributed by atoms with E-state index in [1.54, 1.807) is 6.20 Å². The van der Waals surface area contributed by atoms with Crippen molar-refractivity contribution >= 4 is 17.5 Å². The van der Waals surface area contributed by atoms with Gasteiger partial charge in [-0.2, -0.15) is 10.1 Å². The maximum absolute atomic E-state index is 12.3. The molecule has 10 nitrogen and oxygen atoms in total. The zero-order chi connectivity index (χ0) is 23.0. The third-order valence-corrected chi connectivity index (χ3v) is 5.40. The van der Waals surface area contributed by atoms with E-state index in [1.807, 2.05) is 31.2 Å². The number of aromatic nitrogens is 4. The first-order chi connectivity index (χ1) is 16.1. The third kappa shape index (κ3) is 6.41. The Bertz CT molecular complexity index is 1070. The minimum Gasteiger partial charge on any atom is -0.494 e. The fourth-order valence-corrected chi connectivity index (χ4v) is 3.79. The lowest BCUT2D eigenvalue weighted by Gasteiger charge is -2.11. The molecule has 1 aliphatic rings. The van der Waals surface area contributed by atoms with Crippen molar-refractivity contribution in [1.82, 2.24) is 25.2 Å². The quantitative estimate of drug-likeness (QED) is 0.485. The summed E-state index contributed by atoms with van der Waals surface area (Å²) in [5, 5.41) is 13.9. The Morgan fingerprint density at radius 1 is 1.18 bits per heavy atom. The van der Waals surface area contributed by atoms with E-state index in [-0.39, 0.29) is 30.8 Å². The Balaban J connectivity index is 1.22. The summed E-state index contributed by atoms with van der Waals surface area (Å²) >= 11 is 0. The maximum atomic E-state index is 12.3. The number of aryl methyl sites for hydroxylation is 1. The number of ether oxygens (including phenoxy) is 1. The Labute approximate surface area is 191 Å². The van der Waals surface area contributed by atoms with Gasteiger partial charge < -0.3 is 19.9 Å². The van der Waals surface area contributed by atoms with Gasteiger partial charge in [-0.05, 0) is 44.0 Å². The monoisotopic (exact) mass is 452 g/mol. The zero-order valence-electron chi connectivity index (χ0n) is 18.6. The first-order valence-corrected chi connectivity index (χ1v) is 11.3. The topological polar surface area (TPSA) is 124 Å². The SMILES string of the molecule is CCOc1ccc(-c2noc(CCC(=O)Nc3cnn(CC(=O)NC4CCCC4)c3)n2)cc1. The molecule has 4 rings (SSSR count). The summed E-state index contributed by atoms with van der Waals surface area (Å²) in [5.74, 6) is 1.35. The second-order valence-corrected chi connectivity index (χ2v) is 7.99. The van der Waals surface area contributed by atoms with Crippen molar-refractivity contribution in [3.8, 4) is 17.1 Å². The van der Waals surface area contributed by atoms with Gasteiger partial charge in [-0.15, -0.1) is 0 Å². The Kier molecular flexibility index (Phi) is 7.33. The molecule has 1 fully saturated rings. The van der Waals surface area contributed by atoms with Crippen LogP contribution in [0.15, 0.2) is 41.2 Å². The van der Waals surface area contributed by atoms with E-state index in [2.05, 4.69) is 25.9 Å². The fourth-order valence-electron chi connectivity index (χ4n) is 3.79. The number of rotatable bonds is 10. The highest BCUT2D eigenvalue weighted by molar-refractivity contribution is 5.90. The highest BCUT2D eigenvalue weighted by Crippen LogP contribution is 2.20. The van der Waals surface area contributed by atoms with Gasteiger partial charge in [-0.3, -0.25) is 14.3 Å². The van der Waals surface area contributed by atoms with E-state index in [4.69, 9.17) is 9.26 Å². The van der Waals surface area contributed by atoms with Gasteiger partial charge in [-0.1, -0.05) is 18.0 Å². The zero-order valence-corrected chi connectivity index (χ0v) is 18.6. The van der Waals surface area contributed by atoms with E-state index in [0.717, 1.165) is 37.0 Å². The largest absolute Gasteiger partial charge is 0.494 e. The molecule has 33 heavy (non-hydrogen) atoms. The van der Waals surface area contributed by atoms with E-state index < -0.39 is 0 Å². The van der Waals surface area contributed by atoms with Gasteiger partial charge in [0.25, 0.3) is 0 Å². The molecule has 0 saturated heterocycles. The predicted molar refractivity (Wildman–Crippen MR) is 120 cm³/mol. The standard InChI is InChI=1S/C23H28N6O4/c1-2-32-19-9-7-16(8-10-19)23-27-22(33-28-23)12-11-20(30)26-18-13-24-29(14-18)15-21(31)25-17-5-3-4-6-17/h7-10,13-14,17H,2-6,11-12,15H2,1H3,(H,25,31)(H,26,30). The number of nitrogens with zero attached hydrogens (tertiary/aromatic N) is 4. The number of nitrogens with one attached hydrogen (secondary N) is 2. The van der Waals surface area contributed by atoms with Gasteiger partial charge in [-0.25, -0.2) is 0 Å². The van der Waals surface area contributed by atoms with Crippen molar-refractivity contribution in [3.63, 3.8) is 0 Å². The van der Waals surface area contributed by atoms with Crippen molar-refractivity contribution < 1.29 is 18.8 Å². The molecule has 2 aromatic heterocycles. The molecule has 2 N–H and O–H groups in total. The maximum Gasteiger partial charge on any atom is 0.241 e. The van der Waals surface area contributed by atoms with Crippen LogP contribution in [0.5, 0.6) is 5.75 Å². The lowest BCUT2D eigenvalue weighted by atomic mass is 10.2. The minimum atomic E-state index is -0.203. The van der Waals surface area contributed by atoms with Gasteiger partial charge in [0.2, 0.25) is 23.5 Å². The van der Waals surface area contributed by atoms with Crippen LogP contribution in [0, 0.1) is 0 Å². The highest BCUT2D eigenvalue weighted by atomic mass is 16.5. The van der Waals surface area contributed by atoms with Crippen LogP contribution in [-0.4, -0.2) is 44.4 Å². The molecule has 0 bridgehead atoms. The van der Waals surface area contributed by atoms with Gasteiger partial charge >= 0.3 is 0 Å². The number of amides is 2. The van der Waals surface area contributed by atoms with Gasteiger partial charge in [0.05, 0.1) is 18.5 Å². The summed E-state index contributed by atoms with van der Waals surface area (Å²) in [6.07, 6.45) is 8.05. The van der Waals surface area contributed by atoms with E-state index in [0.29, 0.717) is 30.4 Å². The molecule has 10 heteroatoms. The fraction of sp³-hybridized carbons (Fsp3) is 0.435. The van der Waals surface area contributed by atoms with Crippen LogP contribution in [0.25, 0.3) is 11.4 Å². The molecule has 0 aliphatic heterocycles. The normalized spacial score (nSPS) is 13.7. The van der Waals surface area contributed by atoms with E-state index in [1.165, 1.54) is 10.9 Å². The Morgan fingerprint density at radius 2 is 1.97 bits per heavy atom. The second-order valence-electron chi connectivity index (χ2n) is 7.99. The summed E-state index contributed by atoms with van der Waals surface area (Å²) in [5.41, 5.74) is 1.34. The summed E-state index contributed by atoms with van der Waals surface area (Å²) in [4.78, 5) is 28.8. The molecule has 0 radical (unpaired) electrons.